The molecule has 0 aliphatic carbocycles. The Hall–Kier alpha value is -1.17. The van der Waals surface area contributed by atoms with Gasteiger partial charge in [0.05, 0.1) is 0 Å². The summed E-state index contributed by atoms with van der Waals surface area (Å²) in [6, 6.07) is 5.95. The molecule has 0 spiro atoms. The maximum absolute atomic E-state index is 12.2. The van der Waals surface area contributed by atoms with E-state index in [4.69, 9.17) is 5.11 Å². The number of halogens is 3. The fourth-order valence-corrected chi connectivity index (χ4v) is 1.87. The van der Waals surface area contributed by atoms with Crippen molar-refractivity contribution in [1.29, 1.82) is 0 Å². The molecule has 0 aromatic heterocycles. The van der Waals surface area contributed by atoms with E-state index < -0.39 is 11.5 Å². The zero-order valence-corrected chi connectivity index (χ0v) is 8.94. The highest BCUT2D eigenvalue weighted by atomic mass is 32.2. The van der Waals surface area contributed by atoms with Crippen LogP contribution in [0, 0.1) is 0 Å². The van der Waals surface area contributed by atoms with Crippen LogP contribution in [0.1, 0.15) is 12.0 Å². The predicted octanol–water partition coefficient (Wildman–Crippen LogP) is 3.32. The van der Waals surface area contributed by atoms with Gasteiger partial charge in [-0.1, -0.05) is 18.2 Å². The maximum Gasteiger partial charge on any atom is 0.446 e. The van der Waals surface area contributed by atoms with Crippen LogP contribution in [0.5, 0.6) is 0 Å². The monoisotopic (exact) mass is 250 g/mol. The van der Waals surface area contributed by atoms with Crippen molar-refractivity contribution in [2.75, 3.05) is 0 Å². The highest BCUT2D eigenvalue weighted by Gasteiger charge is 2.30. The standard InChI is InChI=1S/C10H9F3O2S/c11-10(12,13)16-8-4-2-1-3-7(8)5-6-9(14)15/h1-4H,5-6H2,(H,14,15). The Kier molecular flexibility index (Phi) is 4.23. The van der Waals surface area contributed by atoms with E-state index in [1.165, 1.54) is 18.2 Å². The zero-order valence-electron chi connectivity index (χ0n) is 8.12. The van der Waals surface area contributed by atoms with E-state index in [0.29, 0.717) is 5.56 Å². The van der Waals surface area contributed by atoms with Gasteiger partial charge < -0.3 is 5.11 Å². The molecular weight excluding hydrogens is 241 g/mol. The maximum atomic E-state index is 12.2. The lowest BCUT2D eigenvalue weighted by Crippen LogP contribution is -2.03. The van der Waals surface area contributed by atoms with Crippen LogP contribution >= 0.6 is 11.8 Å². The minimum atomic E-state index is -4.35. The molecule has 1 rings (SSSR count). The van der Waals surface area contributed by atoms with Gasteiger partial charge in [0.1, 0.15) is 0 Å². The number of carbonyl (C=O) groups is 1. The van der Waals surface area contributed by atoms with Crippen LogP contribution in [0.4, 0.5) is 13.2 Å². The van der Waals surface area contributed by atoms with Crippen molar-refractivity contribution < 1.29 is 23.1 Å². The summed E-state index contributed by atoms with van der Waals surface area (Å²) in [4.78, 5) is 10.4. The number of benzene rings is 1. The molecule has 0 atom stereocenters. The van der Waals surface area contributed by atoms with Crippen molar-refractivity contribution in [3.63, 3.8) is 0 Å². The van der Waals surface area contributed by atoms with Gasteiger partial charge in [-0.2, -0.15) is 13.2 Å². The lowest BCUT2D eigenvalue weighted by atomic mass is 10.1. The van der Waals surface area contributed by atoms with Gasteiger partial charge in [-0.05, 0) is 29.8 Å². The van der Waals surface area contributed by atoms with Gasteiger partial charge in [0.15, 0.2) is 0 Å². The summed E-state index contributed by atoms with van der Waals surface area (Å²) in [6.07, 6.45) is -0.0655. The van der Waals surface area contributed by atoms with Crippen LogP contribution in [-0.4, -0.2) is 16.6 Å². The first-order valence-corrected chi connectivity index (χ1v) is 5.25. The first kappa shape index (κ1) is 12.9. The van der Waals surface area contributed by atoms with E-state index >= 15 is 0 Å². The molecule has 0 fully saturated rings. The Morgan fingerprint density at radius 2 is 1.94 bits per heavy atom. The average Bonchev–Trinajstić information content (AvgIpc) is 2.14. The van der Waals surface area contributed by atoms with Gasteiger partial charge >= 0.3 is 11.5 Å². The van der Waals surface area contributed by atoms with Gasteiger partial charge in [-0.15, -0.1) is 0 Å². The lowest BCUT2D eigenvalue weighted by molar-refractivity contribution is -0.136. The summed E-state index contributed by atoms with van der Waals surface area (Å²) in [5, 5.41) is 8.47. The number of thioether (sulfide) groups is 1. The quantitative estimate of drug-likeness (QED) is 0.833. The molecule has 6 heteroatoms. The highest BCUT2D eigenvalue weighted by molar-refractivity contribution is 8.00. The summed E-state index contributed by atoms with van der Waals surface area (Å²) >= 11 is -0.214. The predicted molar refractivity (Wildman–Crippen MR) is 54.3 cm³/mol. The van der Waals surface area contributed by atoms with E-state index in [0.717, 1.165) is 0 Å². The van der Waals surface area contributed by atoms with E-state index in [2.05, 4.69) is 0 Å². The third kappa shape index (κ3) is 4.57. The normalized spacial score (nSPS) is 11.4. The van der Waals surface area contributed by atoms with Gasteiger partial charge in [0, 0.05) is 11.3 Å². The molecule has 0 bridgehead atoms. The van der Waals surface area contributed by atoms with Gasteiger partial charge in [0.25, 0.3) is 0 Å². The van der Waals surface area contributed by atoms with Crippen LogP contribution in [0.2, 0.25) is 0 Å². The minimum Gasteiger partial charge on any atom is -0.481 e. The zero-order chi connectivity index (χ0) is 12.2. The van der Waals surface area contributed by atoms with Crippen LogP contribution in [0.15, 0.2) is 29.2 Å². The van der Waals surface area contributed by atoms with Gasteiger partial charge in [-0.3, -0.25) is 4.79 Å². The Bertz CT molecular complexity index is 377. The summed E-state index contributed by atoms with van der Waals surface area (Å²) < 4.78 is 36.5. The van der Waals surface area contributed by atoms with Crippen LogP contribution in [0.25, 0.3) is 0 Å². The lowest BCUT2D eigenvalue weighted by Gasteiger charge is -2.09. The summed E-state index contributed by atoms with van der Waals surface area (Å²) in [5.41, 5.74) is -3.94. The minimum absolute atomic E-state index is 0.0660. The van der Waals surface area contributed by atoms with Crippen molar-refractivity contribution in [2.24, 2.45) is 0 Å². The van der Waals surface area contributed by atoms with Crippen molar-refractivity contribution in [3.05, 3.63) is 29.8 Å². The van der Waals surface area contributed by atoms with Crippen LogP contribution in [-0.2, 0) is 11.2 Å². The Morgan fingerprint density at radius 3 is 2.50 bits per heavy atom. The number of aryl methyl sites for hydroxylation is 1. The second-order valence-electron chi connectivity index (χ2n) is 3.05. The number of carboxylic acids is 1. The van der Waals surface area contributed by atoms with Crippen molar-refractivity contribution in [1.82, 2.24) is 0 Å². The largest absolute Gasteiger partial charge is 0.481 e. The Labute approximate surface area is 94.5 Å². The molecule has 0 aliphatic heterocycles. The SMILES string of the molecule is O=C(O)CCc1ccccc1SC(F)(F)F. The number of hydrogen-bond acceptors (Lipinski definition) is 2. The molecule has 88 valence electrons. The molecule has 0 radical (unpaired) electrons. The molecule has 0 saturated heterocycles. The second-order valence-corrected chi connectivity index (χ2v) is 4.16. The Morgan fingerprint density at radius 1 is 1.31 bits per heavy atom. The Balaban J connectivity index is 2.79. The van der Waals surface area contributed by atoms with Crippen molar-refractivity contribution in [2.45, 2.75) is 23.2 Å². The molecule has 1 N–H and O–H groups in total. The van der Waals surface area contributed by atoms with Crippen molar-refractivity contribution in [3.8, 4) is 0 Å². The van der Waals surface area contributed by atoms with Gasteiger partial charge in [0.2, 0.25) is 0 Å². The highest BCUT2D eigenvalue weighted by Crippen LogP contribution is 2.38. The molecule has 1 aromatic rings. The second kappa shape index (κ2) is 5.25. The van der Waals surface area contributed by atoms with E-state index in [1.54, 1.807) is 6.07 Å². The third-order valence-electron chi connectivity index (χ3n) is 1.81. The molecule has 16 heavy (non-hydrogen) atoms. The first-order valence-electron chi connectivity index (χ1n) is 4.44. The number of carboxylic acid groups (broad SMARTS) is 1. The molecule has 0 amide bonds. The summed E-state index contributed by atoms with van der Waals surface area (Å²) in [6.45, 7) is 0. The molecular formula is C10H9F3O2S. The fourth-order valence-electron chi connectivity index (χ4n) is 1.18. The summed E-state index contributed by atoms with van der Waals surface area (Å²) in [7, 11) is 0. The molecule has 0 saturated carbocycles. The molecule has 0 aliphatic rings. The van der Waals surface area contributed by atoms with E-state index in [1.807, 2.05) is 0 Å². The fraction of sp³-hybridized carbons (Fsp3) is 0.300. The topological polar surface area (TPSA) is 37.3 Å². The number of alkyl halides is 3. The van der Waals surface area contributed by atoms with Crippen LogP contribution in [0.3, 0.4) is 0 Å². The number of rotatable bonds is 4. The average molecular weight is 250 g/mol. The third-order valence-corrected chi connectivity index (χ3v) is 2.66. The van der Waals surface area contributed by atoms with Crippen LogP contribution < -0.4 is 0 Å². The van der Waals surface area contributed by atoms with Crippen molar-refractivity contribution >= 4 is 17.7 Å². The molecule has 1 aromatic carbocycles. The smallest absolute Gasteiger partial charge is 0.446 e. The first-order chi connectivity index (χ1) is 7.38. The number of aliphatic carboxylic acids is 1. The van der Waals surface area contributed by atoms with E-state index in [-0.39, 0.29) is 29.5 Å². The molecule has 0 heterocycles. The van der Waals surface area contributed by atoms with Gasteiger partial charge in [-0.25, -0.2) is 0 Å². The molecule has 2 nitrogen and oxygen atoms in total. The van der Waals surface area contributed by atoms with E-state index in [9.17, 15) is 18.0 Å². The number of hydrogen-bond donors (Lipinski definition) is 1. The summed E-state index contributed by atoms with van der Waals surface area (Å²) in [5.74, 6) is -1.02. The molecule has 0 unspecified atom stereocenters.